The second-order valence-corrected chi connectivity index (χ2v) is 5.55. The molecule has 1 aromatic carbocycles. The van der Waals surface area contributed by atoms with Crippen molar-refractivity contribution in [1.29, 1.82) is 0 Å². The van der Waals surface area contributed by atoms with Gasteiger partial charge >= 0.3 is 11.9 Å². The van der Waals surface area contributed by atoms with Gasteiger partial charge in [0, 0.05) is 19.1 Å². The summed E-state index contributed by atoms with van der Waals surface area (Å²) in [6.45, 7) is 0.557. The number of aliphatic hydroxyl groups excluding tert-OH is 1. The second kappa shape index (κ2) is 9.20. The van der Waals surface area contributed by atoms with Crippen molar-refractivity contribution in [3.8, 4) is 0 Å². The van der Waals surface area contributed by atoms with Gasteiger partial charge in [0.15, 0.2) is 0 Å². The molecular formula is C18H22O6. The molecular weight excluding hydrogens is 312 g/mol. The molecule has 0 spiro atoms. The van der Waals surface area contributed by atoms with E-state index in [0.29, 0.717) is 18.6 Å². The third-order valence-electron chi connectivity index (χ3n) is 3.79. The normalized spacial score (nSPS) is 22.1. The Bertz CT molecular complexity index is 568. The Hall–Kier alpha value is -2.18. The van der Waals surface area contributed by atoms with E-state index in [9.17, 15) is 14.7 Å². The van der Waals surface area contributed by atoms with Crippen molar-refractivity contribution in [3.63, 3.8) is 0 Å². The van der Waals surface area contributed by atoms with E-state index in [4.69, 9.17) is 9.47 Å². The fourth-order valence-electron chi connectivity index (χ4n) is 2.48. The first kappa shape index (κ1) is 18.2. The number of rotatable bonds is 6. The van der Waals surface area contributed by atoms with E-state index in [1.807, 2.05) is 0 Å². The Kier molecular flexibility index (Phi) is 6.96. The van der Waals surface area contributed by atoms with Gasteiger partial charge in [-0.2, -0.15) is 0 Å². The molecule has 0 aromatic heterocycles. The minimum absolute atomic E-state index is 0.271. The average Bonchev–Trinajstić information content (AvgIpc) is 2.61. The number of esters is 2. The minimum atomic E-state index is -0.699. The summed E-state index contributed by atoms with van der Waals surface area (Å²) in [6.07, 6.45) is 2.63. The van der Waals surface area contributed by atoms with Gasteiger partial charge in [-0.05, 0) is 31.1 Å². The van der Waals surface area contributed by atoms with E-state index in [2.05, 4.69) is 4.74 Å². The molecule has 24 heavy (non-hydrogen) atoms. The Morgan fingerprint density at radius 2 is 2.12 bits per heavy atom. The van der Waals surface area contributed by atoms with Crippen LogP contribution >= 0.6 is 0 Å². The maximum Gasteiger partial charge on any atom is 0.338 e. The van der Waals surface area contributed by atoms with E-state index in [1.165, 1.54) is 19.3 Å². The van der Waals surface area contributed by atoms with Gasteiger partial charge < -0.3 is 19.3 Å². The van der Waals surface area contributed by atoms with Crippen LogP contribution in [0.1, 0.15) is 29.6 Å². The highest BCUT2D eigenvalue weighted by Gasteiger charge is 2.28. The summed E-state index contributed by atoms with van der Waals surface area (Å²) >= 11 is 0. The molecule has 1 heterocycles. The molecule has 0 bridgehead atoms. The van der Waals surface area contributed by atoms with Crippen LogP contribution in [0.2, 0.25) is 0 Å². The summed E-state index contributed by atoms with van der Waals surface area (Å²) in [6, 6.07) is 8.58. The van der Waals surface area contributed by atoms with E-state index in [0.717, 1.165) is 6.42 Å². The van der Waals surface area contributed by atoms with Crippen LogP contribution in [0.4, 0.5) is 0 Å². The quantitative estimate of drug-likeness (QED) is 0.632. The number of methoxy groups -OCH3 is 1. The molecule has 6 nitrogen and oxygen atoms in total. The van der Waals surface area contributed by atoms with Crippen molar-refractivity contribution >= 4 is 11.9 Å². The molecule has 130 valence electrons. The molecule has 0 saturated carbocycles. The zero-order chi connectivity index (χ0) is 17.4. The largest absolute Gasteiger partial charge is 0.466 e. The maximum atomic E-state index is 12.2. The topological polar surface area (TPSA) is 82.1 Å². The molecule has 1 saturated heterocycles. The first-order valence-corrected chi connectivity index (χ1v) is 7.92. The van der Waals surface area contributed by atoms with E-state index in [-0.39, 0.29) is 6.42 Å². The lowest BCUT2D eigenvalue weighted by atomic mass is 10.00. The van der Waals surface area contributed by atoms with Crippen LogP contribution < -0.4 is 0 Å². The fraction of sp³-hybridized carbons (Fsp3) is 0.444. The predicted molar refractivity (Wildman–Crippen MR) is 86.4 cm³/mol. The first-order chi connectivity index (χ1) is 11.6. The number of hydrogen-bond donors (Lipinski definition) is 1. The molecule has 2 rings (SSSR count). The number of ether oxygens (including phenoxy) is 3. The van der Waals surface area contributed by atoms with Gasteiger partial charge in [-0.15, -0.1) is 0 Å². The SMILES string of the molecule is COC(=O)/C=C\[C@@H](C[C@@H]1OCCC[C@H]1O)OC(=O)c1ccccc1. The van der Waals surface area contributed by atoms with Crippen LogP contribution in [0.15, 0.2) is 42.5 Å². The highest BCUT2D eigenvalue weighted by molar-refractivity contribution is 5.89. The van der Waals surface area contributed by atoms with Crippen LogP contribution in [-0.2, 0) is 19.0 Å². The highest BCUT2D eigenvalue weighted by atomic mass is 16.5. The summed E-state index contributed by atoms with van der Waals surface area (Å²) in [5.74, 6) is -1.04. The van der Waals surface area contributed by atoms with Crippen LogP contribution in [-0.4, -0.2) is 49.1 Å². The van der Waals surface area contributed by atoms with Gasteiger partial charge in [-0.25, -0.2) is 9.59 Å². The number of carbonyl (C=O) groups is 2. The Morgan fingerprint density at radius 1 is 1.38 bits per heavy atom. The Labute approximate surface area is 141 Å². The monoisotopic (exact) mass is 334 g/mol. The summed E-state index contributed by atoms with van der Waals surface area (Å²) in [4.78, 5) is 23.5. The van der Waals surface area contributed by atoms with Gasteiger partial charge in [-0.3, -0.25) is 0 Å². The standard InChI is InChI=1S/C18H22O6/c1-22-17(20)10-9-14(12-16-15(19)8-5-11-23-16)24-18(21)13-6-3-2-4-7-13/h2-4,6-7,9-10,14-16,19H,5,8,11-12H2,1H3/b10-9-/t14-,15+,16-/m0/s1. The minimum Gasteiger partial charge on any atom is -0.466 e. The van der Waals surface area contributed by atoms with Crippen molar-refractivity contribution in [2.24, 2.45) is 0 Å². The van der Waals surface area contributed by atoms with Crippen molar-refractivity contribution in [2.75, 3.05) is 13.7 Å². The number of hydrogen-bond acceptors (Lipinski definition) is 6. The zero-order valence-electron chi connectivity index (χ0n) is 13.6. The summed E-state index contributed by atoms with van der Waals surface area (Å²) < 4.78 is 15.6. The number of benzene rings is 1. The summed E-state index contributed by atoms with van der Waals surface area (Å²) in [7, 11) is 1.27. The molecule has 3 atom stereocenters. The maximum absolute atomic E-state index is 12.2. The van der Waals surface area contributed by atoms with Crippen molar-refractivity contribution < 1.29 is 28.9 Å². The average molecular weight is 334 g/mol. The lowest BCUT2D eigenvalue weighted by molar-refractivity contribution is -0.134. The van der Waals surface area contributed by atoms with E-state index >= 15 is 0 Å². The molecule has 0 radical (unpaired) electrons. The summed E-state index contributed by atoms with van der Waals surface area (Å²) in [5.41, 5.74) is 0.416. The van der Waals surface area contributed by atoms with Crippen LogP contribution in [0.25, 0.3) is 0 Å². The lowest BCUT2D eigenvalue weighted by Gasteiger charge is -2.30. The molecule has 0 aliphatic carbocycles. The van der Waals surface area contributed by atoms with Gasteiger partial charge in [-0.1, -0.05) is 18.2 Å². The molecule has 1 aromatic rings. The van der Waals surface area contributed by atoms with Crippen molar-refractivity contribution in [3.05, 3.63) is 48.0 Å². The molecule has 1 fully saturated rings. The van der Waals surface area contributed by atoms with Crippen LogP contribution in [0.3, 0.4) is 0 Å². The van der Waals surface area contributed by atoms with Crippen LogP contribution in [0.5, 0.6) is 0 Å². The molecule has 1 aliphatic rings. The smallest absolute Gasteiger partial charge is 0.338 e. The van der Waals surface area contributed by atoms with Crippen LogP contribution in [0, 0.1) is 0 Å². The number of aliphatic hydroxyl groups is 1. The molecule has 1 aliphatic heterocycles. The van der Waals surface area contributed by atoms with E-state index < -0.39 is 30.3 Å². The third-order valence-corrected chi connectivity index (χ3v) is 3.79. The second-order valence-electron chi connectivity index (χ2n) is 5.55. The molecule has 0 amide bonds. The van der Waals surface area contributed by atoms with Gasteiger partial charge in [0.05, 0.1) is 24.9 Å². The Morgan fingerprint density at radius 3 is 2.79 bits per heavy atom. The third kappa shape index (κ3) is 5.47. The predicted octanol–water partition coefficient (Wildman–Crippen LogP) is 1.87. The zero-order valence-corrected chi connectivity index (χ0v) is 13.6. The van der Waals surface area contributed by atoms with Gasteiger partial charge in [0.1, 0.15) is 6.10 Å². The van der Waals surface area contributed by atoms with Crippen molar-refractivity contribution in [2.45, 2.75) is 37.6 Å². The van der Waals surface area contributed by atoms with Gasteiger partial charge in [0.2, 0.25) is 0 Å². The highest BCUT2D eigenvalue weighted by Crippen LogP contribution is 2.20. The summed E-state index contributed by atoms with van der Waals surface area (Å²) in [5, 5.41) is 10.0. The van der Waals surface area contributed by atoms with Crippen molar-refractivity contribution in [1.82, 2.24) is 0 Å². The van der Waals surface area contributed by atoms with Gasteiger partial charge in [0.25, 0.3) is 0 Å². The molecule has 6 heteroatoms. The first-order valence-electron chi connectivity index (χ1n) is 7.92. The van der Waals surface area contributed by atoms with E-state index in [1.54, 1.807) is 30.3 Å². The molecule has 1 N–H and O–H groups in total. The Balaban J connectivity index is 2.05. The lowest BCUT2D eigenvalue weighted by Crippen LogP contribution is -2.37. The number of carbonyl (C=O) groups excluding carboxylic acids is 2. The molecule has 0 unspecified atom stereocenters. The fourth-order valence-corrected chi connectivity index (χ4v) is 2.48.